The molecule has 2 aliphatic rings. The van der Waals surface area contributed by atoms with E-state index in [1.54, 1.807) is 0 Å². The van der Waals surface area contributed by atoms with Crippen LogP contribution in [-0.2, 0) is 4.74 Å². The van der Waals surface area contributed by atoms with Crippen LogP contribution in [0.3, 0.4) is 0 Å². The molecule has 5 nitrogen and oxygen atoms in total. The van der Waals surface area contributed by atoms with E-state index in [0.29, 0.717) is 17.9 Å². The van der Waals surface area contributed by atoms with Crippen LogP contribution in [0.25, 0.3) is 0 Å². The van der Waals surface area contributed by atoms with Gasteiger partial charge < -0.3 is 14.7 Å². The topological polar surface area (TPSA) is 53.0 Å². The van der Waals surface area contributed by atoms with Crippen LogP contribution in [0.1, 0.15) is 40.5 Å². The van der Waals surface area contributed by atoms with E-state index in [1.807, 2.05) is 25.7 Å². The van der Waals surface area contributed by atoms with Crippen LogP contribution < -0.4 is 0 Å². The van der Waals surface area contributed by atoms with Crippen molar-refractivity contribution in [2.75, 3.05) is 32.8 Å². The molecule has 21 heavy (non-hydrogen) atoms. The SMILES string of the molecule is CC(CO)C1CCN(C2CCN(C(=O)OC(C)(C)C)C2)C1. The minimum absolute atomic E-state index is 0.190. The Hall–Kier alpha value is -0.810. The van der Waals surface area contributed by atoms with Gasteiger partial charge in [-0.1, -0.05) is 6.92 Å². The first-order valence-corrected chi connectivity index (χ1v) is 8.13. The van der Waals surface area contributed by atoms with Crippen molar-refractivity contribution in [1.82, 2.24) is 9.80 Å². The number of likely N-dealkylation sites (tertiary alicyclic amines) is 2. The van der Waals surface area contributed by atoms with Crippen LogP contribution in [0, 0.1) is 11.8 Å². The van der Waals surface area contributed by atoms with Gasteiger partial charge in [-0.15, -0.1) is 0 Å². The van der Waals surface area contributed by atoms with Crippen molar-refractivity contribution in [3.05, 3.63) is 0 Å². The maximum absolute atomic E-state index is 12.1. The molecule has 1 N–H and O–H groups in total. The number of hydrogen-bond donors (Lipinski definition) is 1. The van der Waals surface area contributed by atoms with Gasteiger partial charge in [0.05, 0.1) is 0 Å². The molecule has 0 aromatic rings. The fourth-order valence-corrected chi connectivity index (χ4v) is 3.29. The monoisotopic (exact) mass is 298 g/mol. The van der Waals surface area contributed by atoms with E-state index >= 15 is 0 Å². The predicted octanol–water partition coefficient (Wildman–Crippen LogP) is 1.95. The first-order chi connectivity index (χ1) is 9.80. The number of nitrogens with zero attached hydrogens (tertiary/aromatic N) is 2. The molecular formula is C16H30N2O3. The number of carbonyl (C=O) groups excluding carboxylic acids is 1. The van der Waals surface area contributed by atoms with Gasteiger partial charge in [0.2, 0.25) is 0 Å². The fourth-order valence-electron chi connectivity index (χ4n) is 3.29. The van der Waals surface area contributed by atoms with Crippen LogP contribution in [0.15, 0.2) is 0 Å². The molecule has 3 unspecified atom stereocenters. The molecule has 0 radical (unpaired) electrons. The Morgan fingerprint density at radius 2 is 2.00 bits per heavy atom. The minimum Gasteiger partial charge on any atom is -0.444 e. The van der Waals surface area contributed by atoms with Crippen molar-refractivity contribution < 1.29 is 14.6 Å². The second kappa shape index (κ2) is 6.53. The van der Waals surface area contributed by atoms with Crippen LogP contribution in [0.4, 0.5) is 4.79 Å². The molecule has 2 fully saturated rings. The smallest absolute Gasteiger partial charge is 0.410 e. The first-order valence-electron chi connectivity index (χ1n) is 8.13. The Morgan fingerprint density at radius 3 is 2.62 bits per heavy atom. The van der Waals surface area contributed by atoms with Gasteiger partial charge in [0.25, 0.3) is 0 Å². The molecule has 0 aromatic carbocycles. The number of aliphatic hydroxyl groups is 1. The van der Waals surface area contributed by atoms with E-state index in [0.717, 1.165) is 39.0 Å². The van der Waals surface area contributed by atoms with Gasteiger partial charge in [0.1, 0.15) is 5.60 Å². The molecule has 2 aliphatic heterocycles. The third-order valence-corrected chi connectivity index (χ3v) is 4.68. The minimum atomic E-state index is -0.426. The molecule has 0 saturated carbocycles. The second-order valence-electron chi connectivity index (χ2n) is 7.57. The van der Waals surface area contributed by atoms with Crippen molar-refractivity contribution in [1.29, 1.82) is 0 Å². The highest BCUT2D eigenvalue weighted by atomic mass is 16.6. The van der Waals surface area contributed by atoms with Crippen LogP contribution in [-0.4, -0.2) is 65.4 Å². The van der Waals surface area contributed by atoms with Gasteiger partial charge in [-0.05, 0) is 52.0 Å². The number of carbonyl (C=O) groups is 1. The maximum atomic E-state index is 12.1. The van der Waals surface area contributed by atoms with Gasteiger partial charge in [0, 0.05) is 32.3 Å². The summed E-state index contributed by atoms with van der Waals surface area (Å²) < 4.78 is 5.44. The number of rotatable bonds is 3. The lowest BCUT2D eigenvalue weighted by Crippen LogP contribution is -2.39. The lowest BCUT2D eigenvalue weighted by Gasteiger charge is -2.27. The van der Waals surface area contributed by atoms with Crippen molar-refractivity contribution in [3.8, 4) is 0 Å². The van der Waals surface area contributed by atoms with E-state index in [9.17, 15) is 9.90 Å². The zero-order chi connectivity index (χ0) is 15.6. The Morgan fingerprint density at radius 1 is 1.29 bits per heavy atom. The summed E-state index contributed by atoms with van der Waals surface area (Å²) in [6, 6.07) is 0.452. The number of aliphatic hydroxyl groups excluding tert-OH is 1. The van der Waals surface area contributed by atoms with Gasteiger partial charge >= 0.3 is 6.09 Å². The van der Waals surface area contributed by atoms with Crippen molar-refractivity contribution in [3.63, 3.8) is 0 Å². The standard InChI is InChI=1S/C16H30N2O3/c1-12(11-19)13-5-7-17(9-13)14-6-8-18(10-14)15(20)21-16(2,3)4/h12-14,19H,5-11H2,1-4H3. The second-order valence-corrected chi connectivity index (χ2v) is 7.57. The van der Waals surface area contributed by atoms with Crippen molar-refractivity contribution >= 4 is 6.09 Å². The average molecular weight is 298 g/mol. The highest BCUT2D eigenvalue weighted by Gasteiger charge is 2.36. The Balaban J connectivity index is 1.82. The summed E-state index contributed by atoms with van der Waals surface area (Å²) >= 11 is 0. The van der Waals surface area contributed by atoms with E-state index < -0.39 is 5.60 Å². The highest BCUT2D eigenvalue weighted by Crippen LogP contribution is 2.28. The molecule has 0 aromatic heterocycles. The molecular weight excluding hydrogens is 268 g/mol. The van der Waals surface area contributed by atoms with Gasteiger partial charge in [-0.2, -0.15) is 0 Å². The maximum Gasteiger partial charge on any atom is 0.410 e. The molecule has 2 rings (SSSR count). The zero-order valence-electron chi connectivity index (χ0n) is 13.8. The summed E-state index contributed by atoms with van der Waals surface area (Å²) in [6.07, 6.45) is 1.99. The molecule has 3 atom stereocenters. The van der Waals surface area contributed by atoms with E-state index in [1.165, 1.54) is 0 Å². The van der Waals surface area contributed by atoms with Crippen molar-refractivity contribution in [2.24, 2.45) is 11.8 Å². The zero-order valence-corrected chi connectivity index (χ0v) is 13.8. The van der Waals surface area contributed by atoms with Crippen molar-refractivity contribution in [2.45, 2.75) is 52.2 Å². The molecule has 0 spiro atoms. The number of ether oxygens (including phenoxy) is 1. The summed E-state index contributed by atoms with van der Waals surface area (Å²) in [6.45, 7) is 11.8. The molecule has 2 heterocycles. The van der Waals surface area contributed by atoms with E-state index in [-0.39, 0.29) is 12.7 Å². The lowest BCUT2D eigenvalue weighted by atomic mass is 9.94. The predicted molar refractivity (Wildman–Crippen MR) is 82.1 cm³/mol. The average Bonchev–Trinajstić information content (AvgIpc) is 3.04. The van der Waals surface area contributed by atoms with Crippen LogP contribution in [0.5, 0.6) is 0 Å². The number of hydrogen-bond acceptors (Lipinski definition) is 4. The normalized spacial score (nSPS) is 28.9. The molecule has 1 amide bonds. The molecule has 122 valence electrons. The lowest BCUT2D eigenvalue weighted by molar-refractivity contribution is 0.0281. The summed E-state index contributed by atoms with van der Waals surface area (Å²) in [5.74, 6) is 0.962. The van der Waals surface area contributed by atoms with E-state index in [4.69, 9.17) is 4.74 Å². The number of amides is 1. The molecule has 0 aliphatic carbocycles. The third-order valence-electron chi connectivity index (χ3n) is 4.68. The summed E-state index contributed by atoms with van der Waals surface area (Å²) in [5.41, 5.74) is -0.426. The Labute approximate surface area is 128 Å². The fraction of sp³-hybridized carbons (Fsp3) is 0.938. The van der Waals surface area contributed by atoms with Gasteiger partial charge in [0.15, 0.2) is 0 Å². The van der Waals surface area contributed by atoms with Gasteiger partial charge in [-0.25, -0.2) is 4.79 Å². The first kappa shape index (κ1) is 16.6. The quantitative estimate of drug-likeness (QED) is 0.865. The van der Waals surface area contributed by atoms with Gasteiger partial charge in [-0.3, -0.25) is 4.90 Å². The molecule has 0 bridgehead atoms. The third kappa shape index (κ3) is 4.33. The Kier molecular flexibility index (Phi) is 5.15. The highest BCUT2D eigenvalue weighted by molar-refractivity contribution is 5.68. The summed E-state index contributed by atoms with van der Waals surface area (Å²) in [4.78, 5) is 16.4. The largest absolute Gasteiger partial charge is 0.444 e. The molecule has 5 heteroatoms. The van der Waals surface area contributed by atoms with Crippen LogP contribution >= 0.6 is 0 Å². The van der Waals surface area contributed by atoms with Crippen LogP contribution in [0.2, 0.25) is 0 Å². The summed E-state index contributed by atoms with van der Waals surface area (Å²) in [7, 11) is 0. The summed E-state index contributed by atoms with van der Waals surface area (Å²) in [5, 5.41) is 9.28. The Bertz CT molecular complexity index is 367. The van der Waals surface area contributed by atoms with E-state index in [2.05, 4.69) is 11.8 Å². The molecule has 2 saturated heterocycles.